The molecule has 0 saturated heterocycles. The Morgan fingerprint density at radius 1 is 1.16 bits per heavy atom. The van der Waals surface area contributed by atoms with Crippen LogP contribution in [0.1, 0.15) is 36.9 Å². The highest BCUT2D eigenvalue weighted by atomic mass is 32.2. The number of aryl methyl sites for hydroxylation is 1. The second-order valence-corrected chi connectivity index (χ2v) is 7.94. The van der Waals surface area contributed by atoms with Gasteiger partial charge in [0, 0.05) is 24.3 Å². The van der Waals surface area contributed by atoms with Crippen LogP contribution in [-0.2, 0) is 21.2 Å². The molecule has 25 heavy (non-hydrogen) atoms. The van der Waals surface area contributed by atoms with E-state index in [1.165, 1.54) is 19.1 Å². The maximum Gasteiger partial charge on any atom is 0.241 e. The molecule has 7 heteroatoms. The number of benzene rings is 2. The first-order chi connectivity index (χ1) is 11.8. The van der Waals surface area contributed by atoms with Crippen molar-refractivity contribution in [2.75, 3.05) is 11.1 Å². The van der Waals surface area contributed by atoms with Gasteiger partial charge in [-0.15, -0.1) is 0 Å². The molecule has 132 valence electrons. The highest BCUT2D eigenvalue weighted by molar-refractivity contribution is 7.89. The Balaban J connectivity index is 1.82. The van der Waals surface area contributed by atoms with Crippen LogP contribution < -0.4 is 15.8 Å². The first-order valence-corrected chi connectivity index (χ1v) is 9.62. The molecule has 1 atom stereocenters. The van der Waals surface area contributed by atoms with Crippen molar-refractivity contribution in [2.24, 2.45) is 0 Å². The second kappa shape index (κ2) is 6.85. The summed E-state index contributed by atoms with van der Waals surface area (Å²) in [5.74, 6) is -0.202. The zero-order valence-electron chi connectivity index (χ0n) is 14.0. The molecule has 0 saturated carbocycles. The molecule has 2 aromatic carbocycles. The molecule has 1 aliphatic rings. The molecular weight excluding hydrogens is 338 g/mol. The van der Waals surface area contributed by atoms with Crippen molar-refractivity contribution >= 4 is 27.3 Å². The number of nitrogen functional groups attached to an aromatic ring is 1. The minimum atomic E-state index is -3.65. The SMILES string of the molecule is CC(=O)Nc1ccc(S(=O)(=O)NC2CCCc3cc(N)ccc32)cc1. The number of nitrogens with one attached hydrogen (secondary N) is 2. The van der Waals surface area contributed by atoms with Gasteiger partial charge >= 0.3 is 0 Å². The fraction of sp³-hybridized carbons (Fsp3) is 0.278. The van der Waals surface area contributed by atoms with Crippen LogP contribution in [0.5, 0.6) is 0 Å². The average molecular weight is 359 g/mol. The number of amides is 1. The molecule has 0 bridgehead atoms. The van der Waals surface area contributed by atoms with Crippen LogP contribution in [0.3, 0.4) is 0 Å². The largest absolute Gasteiger partial charge is 0.399 e. The summed E-state index contributed by atoms with van der Waals surface area (Å²) in [4.78, 5) is 11.2. The van der Waals surface area contributed by atoms with Gasteiger partial charge < -0.3 is 11.1 Å². The topological polar surface area (TPSA) is 101 Å². The van der Waals surface area contributed by atoms with Crippen LogP contribution in [0, 0.1) is 0 Å². The zero-order chi connectivity index (χ0) is 18.0. The lowest BCUT2D eigenvalue weighted by atomic mass is 9.88. The van der Waals surface area contributed by atoms with Crippen LogP contribution in [0.2, 0.25) is 0 Å². The summed E-state index contributed by atoms with van der Waals surface area (Å²) in [6.45, 7) is 1.40. The van der Waals surface area contributed by atoms with Crippen molar-refractivity contribution in [2.45, 2.75) is 37.1 Å². The molecule has 0 spiro atoms. The average Bonchev–Trinajstić information content (AvgIpc) is 2.54. The summed E-state index contributed by atoms with van der Waals surface area (Å²) in [5, 5.41) is 2.62. The molecular formula is C18H21N3O3S. The lowest BCUT2D eigenvalue weighted by Crippen LogP contribution is -2.31. The first kappa shape index (κ1) is 17.4. The zero-order valence-corrected chi connectivity index (χ0v) is 14.8. The van der Waals surface area contributed by atoms with E-state index in [0.717, 1.165) is 30.4 Å². The van der Waals surface area contributed by atoms with E-state index < -0.39 is 10.0 Å². The van der Waals surface area contributed by atoms with Crippen LogP contribution >= 0.6 is 0 Å². The first-order valence-electron chi connectivity index (χ1n) is 8.13. The lowest BCUT2D eigenvalue weighted by Gasteiger charge is -2.26. The highest BCUT2D eigenvalue weighted by Crippen LogP contribution is 2.32. The van der Waals surface area contributed by atoms with Crippen molar-refractivity contribution in [3.63, 3.8) is 0 Å². The van der Waals surface area contributed by atoms with E-state index in [9.17, 15) is 13.2 Å². The summed E-state index contributed by atoms with van der Waals surface area (Å²) in [6.07, 6.45) is 2.56. The summed E-state index contributed by atoms with van der Waals surface area (Å²) in [5.41, 5.74) is 9.16. The molecule has 4 N–H and O–H groups in total. The van der Waals surface area contributed by atoms with Crippen LogP contribution in [0.25, 0.3) is 0 Å². The maximum atomic E-state index is 12.7. The third-order valence-electron chi connectivity index (χ3n) is 4.26. The van der Waals surface area contributed by atoms with Gasteiger partial charge in [-0.25, -0.2) is 13.1 Å². The summed E-state index contributed by atoms with van der Waals surface area (Å²) in [7, 11) is -3.65. The molecule has 6 nitrogen and oxygen atoms in total. The van der Waals surface area contributed by atoms with Gasteiger partial charge in [0.1, 0.15) is 0 Å². The van der Waals surface area contributed by atoms with Crippen molar-refractivity contribution < 1.29 is 13.2 Å². The van der Waals surface area contributed by atoms with E-state index in [1.807, 2.05) is 12.1 Å². The van der Waals surface area contributed by atoms with Crippen LogP contribution in [0.4, 0.5) is 11.4 Å². The molecule has 0 fully saturated rings. The Morgan fingerprint density at radius 2 is 1.88 bits per heavy atom. The molecule has 1 amide bonds. The Morgan fingerprint density at radius 3 is 2.56 bits per heavy atom. The van der Waals surface area contributed by atoms with E-state index in [2.05, 4.69) is 10.0 Å². The monoisotopic (exact) mass is 359 g/mol. The molecule has 1 aliphatic carbocycles. The van der Waals surface area contributed by atoms with Crippen molar-refractivity contribution in [3.8, 4) is 0 Å². The number of carbonyl (C=O) groups is 1. The predicted molar refractivity (Wildman–Crippen MR) is 97.6 cm³/mol. The van der Waals surface area contributed by atoms with E-state index in [-0.39, 0.29) is 16.8 Å². The molecule has 3 rings (SSSR count). The molecule has 0 heterocycles. The molecule has 0 aromatic heterocycles. The third-order valence-corrected chi connectivity index (χ3v) is 5.75. The lowest BCUT2D eigenvalue weighted by molar-refractivity contribution is -0.114. The number of carbonyl (C=O) groups excluding carboxylic acids is 1. The number of rotatable bonds is 4. The van der Waals surface area contributed by atoms with Gasteiger partial charge in [0.25, 0.3) is 0 Å². The van der Waals surface area contributed by atoms with Crippen molar-refractivity contribution in [1.82, 2.24) is 4.72 Å². The Kier molecular flexibility index (Phi) is 4.78. The van der Waals surface area contributed by atoms with E-state index in [4.69, 9.17) is 5.73 Å². The second-order valence-electron chi connectivity index (χ2n) is 6.23. The highest BCUT2D eigenvalue weighted by Gasteiger charge is 2.25. The van der Waals surface area contributed by atoms with E-state index in [1.54, 1.807) is 18.2 Å². The van der Waals surface area contributed by atoms with Gasteiger partial charge in [-0.05, 0) is 66.8 Å². The fourth-order valence-electron chi connectivity index (χ4n) is 3.13. The number of fused-ring (bicyclic) bond motifs is 1. The number of anilines is 2. The van der Waals surface area contributed by atoms with Crippen LogP contribution in [-0.4, -0.2) is 14.3 Å². The number of hydrogen-bond acceptors (Lipinski definition) is 4. The Bertz CT molecular complexity index is 892. The van der Waals surface area contributed by atoms with Crippen LogP contribution in [0.15, 0.2) is 47.4 Å². The maximum absolute atomic E-state index is 12.7. The standard InChI is InChI=1S/C18H21N3O3S/c1-12(22)20-15-6-8-16(9-7-15)25(23,24)21-18-4-2-3-13-11-14(19)5-10-17(13)18/h5-11,18,21H,2-4,19H2,1H3,(H,20,22). The smallest absolute Gasteiger partial charge is 0.241 e. The Labute approximate surface area is 147 Å². The van der Waals surface area contributed by atoms with Gasteiger partial charge in [0.15, 0.2) is 0 Å². The minimum Gasteiger partial charge on any atom is -0.399 e. The number of nitrogens with two attached hydrogens (primary N) is 1. The molecule has 2 aromatic rings. The quantitative estimate of drug-likeness (QED) is 0.730. The van der Waals surface area contributed by atoms with Gasteiger partial charge in [-0.2, -0.15) is 0 Å². The van der Waals surface area contributed by atoms with Crippen molar-refractivity contribution in [1.29, 1.82) is 0 Å². The molecule has 1 unspecified atom stereocenters. The number of hydrogen-bond donors (Lipinski definition) is 3. The predicted octanol–water partition coefficient (Wildman–Crippen LogP) is 2.58. The van der Waals surface area contributed by atoms with Gasteiger partial charge in [0.05, 0.1) is 4.90 Å². The number of sulfonamides is 1. The Hall–Kier alpha value is -2.38. The van der Waals surface area contributed by atoms with Crippen molar-refractivity contribution in [3.05, 3.63) is 53.6 Å². The summed E-state index contributed by atoms with van der Waals surface area (Å²) in [6, 6.07) is 11.5. The summed E-state index contributed by atoms with van der Waals surface area (Å²) >= 11 is 0. The molecule has 0 aliphatic heterocycles. The summed E-state index contributed by atoms with van der Waals surface area (Å²) < 4.78 is 28.2. The van der Waals surface area contributed by atoms with Gasteiger partial charge in [-0.1, -0.05) is 6.07 Å². The molecule has 0 radical (unpaired) electrons. The van der Waals surface area contributed by atoms with E-state index >= 15 is 0 Å². The fourth-order valence-corrected chi connectivity index (χ4v) is 4.38. The van der Waals surface area contributed by atoms with E-state index in [0.29, 0.717) is 11.4 Å². The van der Waals surface area contributed by atoms with Gasteiger partial charge in [0.2, 0.25) is 15.9 Å². The normalized spacial score (nSPS) is 16.9. The third kappa shape index (κ3) is 4.00. The van der Waals surface area contributed by atoms with Gasteiger partial charge in [-0.3, -0.25) is 4.79 Å². The minimum absolute atomic E-state index is 0.171.